The first-order chi connectivity index (χ1) is 18.9. The fraction of sp³-hybridized carbons (Fsp3) is 0.241. The van der Waals surface area contributed by atoms with Crippen LogP contribution >= 0.6 is 11.6 Å². The van der Waals surface area contributed by atoms with Gasteiger partial charge in [-0.1, -0.05) is 66.2 Å². The average Bonchev–Trinajstić information content (AvgIpc) is 3.50. The summed E-state index contributed by atoms with van der Waals surface area (Å²) >= 11 is 6.79. The second-order valence-electron chi connectivity index (χ2n) is 9.36. The minimum atomic E-state index is -0.918. The van der Waals surface area contributed by atoms with Crippen molar-refractivity contribution in [2.45, 2.75) is 12.0 Å². The van der Waals surface area contributed by atoms with Crippen LogP contribution in [0.5, 0.6) is 0 Å². The molecule has 2 N–H and O–H groups in total. The minimum Gasteiger partial charge on any atom is -0.383 e. The predicted molar refractivity (Wildman–Crippen MR) is 147 cm³/mol. The summed E-state index contributed by atoms with van der Waals surface area (Å²) in [6.45, 7) is 2.22. The number of halogens is 3. The lowest BCUT2D eigenvalue weighted by Gasteiger charge is -2.21. The van der Waals surface area contributed by atoms with Gasteiger partial charge in [0.2, 0.25) is 0 Å². The Bertz CT molecular complexity index is 1430. The van der Waals surface area contributed by atoms with Crippen LogP contribution in [0.4, 0.5) is 19.4 Å². The van der Waals surface area contributed by atoms with E-state index in [-0.39, 0.29) is 12.0 Å². The summed E-state index contributed by atoms with van der Waals surface area (Å²) in [6.07, 6.45) is 0. The molecule has 2 heterocycles. The van der Waals surface area contributed by atoms with Crippen molar-refractivity contribution >= 4 is 23.4 Å². The van der Waals surface area contributed by atoms with Crippen LogP contribution in [0.1, 0.15) is 11.5 Å². The van der Waals surface area contributed by atoms with Crippen LogP contribution in [-0.4, -0.2) is 60.1 Å². The number of urea groups is 1. The van der Waals surface area contributed by atoms with Crippen molar-refractivity contribution in [1.29, 1.82) is 0 Å². The maximum Gasteiger partial charge on any atom is 0.320 e. The summed E-state index contributed by atoms with van der Waals surface area (Å²) in [5.74, 6) is -1.76. The molecule has 5 rings (SSSR count). The van der Waals surface area contributed by atoms with Crippen molar-refractivity contribution in [3.63, 3.8) is 0 Å². The van der Waals surface area contributed by atoms with Crippen LogP contribution < -0.4 is 10.6 Å². The number of likely N-dealkylation sites (tertiary alicyclic amines) is 1. The summed E-state index contributed by atoms with van der Waals surface area (Å²) in [5.41, 5.74) is 2.67. The van der Waals surface area contributed by atoms with Gasteiger partial charge in [-0.05, 0) is 29.8 Å². The van der Waals surface area contributed by atoms with E-state index in [1.807, 2.05) is 60.7 Å². The summed E-state index contributed by atoms with van der Waals surface area (Å²) in [4.78, 5) is 15.5. The summed E-state index contributed by atoms with van der Waals surface area (Å²) in [6, 6.07) is 21.8. The first kappa shape index (κ1) is 26.8. The fourth-order valence-corrected chi connectivity index (χ4v) is 5.14. The standard InChI is InChI=1S/C29H28ClF2N5O2/c1-39-15-14-36-17-22(20-12-13-23(31)24(32)16-20)25(18-36)33-29(38)34-28-26(30)27(19-8-4-2-5-9-19)35-37(28)21-10-6-3-7-11-21/h2-13,16,22,25H,14-15,17-18H2,1H3,(H2,33,34,38)/t22-,25+/m0/s1. The predicted octanol–water partition coefficient (Wildman–Crippen LogP) is 5.71. The van der Waals surface area contributed by atoms with Gasteiger partial charge in [0.15, 0.2) is 17.5 Å². The molecule has 1 aliphatic rings. The van der Waals surface area contributed by atoms with Gasteiger partial charge in [-0.15, -0.1) is 0 Å². The lowest BCUT2D eigenvalue weighted by atomic mass is 9.94. The van der Waals surface area contributed by atoms with Crippen LogP contribution in [0.3, 0.4) is 0 Å². The van der Waals surface area contributed by atoms with Crippen molar-refractivity contribution in [2.75, 3.05) is 38.7 Å². The maximum absolute atomic E-state index is 14.1. The average molecular weight is 552 g/mol. The molecule has 0 radical (unpaired) electrons. The molecule has 10 heteroatoms. The third kappa shape index (κ3) is 5.95. The molecule has 4 aromatic rings. The Hall–Kier alpha value is -3.79. The van der Waals surface area contributed by atoms with Gasteiger partial charge >= 0.3 is 6.03 Å². The number of rotatable bonds is 8. The van der Waals surface area contributed by atoms with E-state index in [9.17, 15) is 13.6 Å². The van der Waals surface area contributed by atoms with E-state index in [2.05, 4.69) is 15.5 Å². The summed E-state index contributed by atoms with van der Waals surface area (Å²) < 4.78 is 34.5. The smallest absolute Gasteiger partial charge is 0.320 e. The number of ether oxygens (including phenoxy) is 1. The zero-order valence-corrected chi connectivity index (χ0v) is 22.0. The number of nitrogens with one attached hydrogen (secondary N) is 2. The zero-order chi connectivity index (χ0) is 27.4. The van der Waals surface area contributed by atoms with Crippen LogP contribution in [0.15, 0.2) is 78.9 Å². The number of carbonyl (C=O) groups excluding carboxylic acids is 1. The maximum atomic E-state index is 14.1. The highest BCUT2D eigenvalue weighted by Crippen LogP contribution is 2.35. The number of hydrogen-bond donors (Lipinski definition) is 2. The third-order valence-electron chi connectivity index (χ3n) is 6.80. The van der Waals surface area contributed by atoms with E-state index < -0.39 is 17.7 Å². The molecule has 0 bridgehead atoms. The molecule has 0 aliphatic carbocycles. The van der Waals surface area contributed by atoms with Gasteiger partial charge < -0.3 is 10.1 Å². The molecule has 1 aromatic heterocycles. The highest BCUT2D eigenvalue weighted by Gasteiger charge is 2.35. The van der Waals surface area contributed by atoms with Crippen molar-refractivity contribution in [3.8, 4) is 16.9 Å². The Morgan fingerprint density at radius 3 is 2.44 bits per heavy atom. The number of anilines is 1. The fourth-order valence-electron chi connectivity index (χ4n) is 4.87. The number of nitrogens with zero attached hydrogens (tertiary/aromatic N) is 3. The molecule has 7 nitrogen and oxygen atoms in total. The first-order valence-corrected chi connectivity index (χ1v) is 13.0. The van der Waals surface area contributed by atoms with Crippen LogP contribution in [0.2, 0.25) is 5.02 Å². The topological polar surface area (TPSA) is 71.4 Å². The second kappa shape index (κ2) is 11.9. The Balaban J connectivity index is 1.42. The lowest BCUT2D eigenvalue weighted by Crippen LogP contribution is -2.42. The van der Waals surface area contributed by atoms with Crippen LogP contribution in [-0.2, 0) is 4.74 Å². The highest BCUT2D eigenvalue weighted by atomic mass is 35.5. The van der Waals surface area contributed by atoms with Crippen LogP contribution in [0.25, 0.3) is 16.9 Å². The zero-order valence-electron chi connectivity index (χ0n) is 21.3. The number of methoxy groups -OCH3 is 1. The van der Waals surface area contributed by atoms with E-state index in [0.29, 0.717) is 48.3 Å². The number of amides is 2. The van der Waals surface area contributed by atoms with Gasteiger partial charge in [-0.3, -0.25) is 10.2 Å². The second-order valence-corrected chi connectivity index (χ2v) is 9.74. The molecule has 0 spiro atoms. The quantitative estimate of drug-likeness (QED) is 0.294. The number of carbonyl (C=O) groups is 1. The molecule has 1 fully saturated rings. The molecule has 0 unspecified atom stereocenters. The number of aromatic nitrogens is 2. The molecule has 1 saturated heterocycles. The van der Waals surface area contributed by atoms with Gasteiger partial charge in [0.05, 0.1) is 18.3 Å². The Labute approximate surface area is 230 Å². The number of benzene rings is 3. The van der Waals surface area contributed by atoms with Crippen molar-refractivity contribution < 1.29 is 18.3 Å². The highest BCUT2D eigenvalue weighted by molar-refractivity contribution is 6.36. The van der Waals surface area contributed by atoms with E-state index in [0.717, 1.165) is 17.3 Å². The van der Waals surface area contributed by atoms with E-state index in [1.165, 1.54) is 6.07 Å². The van der Waals surface area contributed by atoms with Gasteiger partial charge in [-0.2, -0.15) is 5.10 Å². The number of hydrogen-bond acceptors (Lipinski definition) is 4. The van der Waals surface area contributed by atoms with Crippen molar-refractivity contribution in [2.24, 2.45) is 0 Å². The molecule has 202 valence electrons. The molecule has 2 atom stereocenters. The van der Waals surface area contributed by atoms with E-state index >= 15 is 0 Å². The molecule has 39 heavy (non-hydrogen) atoms. The van der Waals surface area contributed by atoms with Gasteiger partial charge in [0.25, 0.3) is 0 Å². The monoisotopic (exact) mass is 551 g/mol. The third-order valence-corrected chi connectivity index (χ3v) is 7.16. The van der Waals surface area contributed by atoms with Crippen molar-refractivity contribution in [1.82, 2.24) is 20.0 Å². The Kier molecular flexibility index (Phi) is 8.21. The Morgan fingerprint density at radius 1 is 1.03 bits per heavy atom. The van der Waals surface area contributed by atoms with Crippen molar-refractivity contribution in [3.05, 3.63) is 101 Å². The van der Waals surface area contributed by atoms with Crippen LogP contribution in [0, 0.1) is 11.6 Å². The molecule has 2 amide bonds. The van der Waals surface area contributed by atoms with Gasteiger partial charge in [-0.25, -0.2) is 18.3 Å². The Morgan fingerprint density at radius 2 is 1.74 bits per heavy atom. The van der Waals surface area contributed by atoms with Gasteiger partial charge in [0, 0.05) is 38.2 Å². The lowest BCUT2D eigenvalue weighted by molar-refractivity contribution is 0.159. The molecule has 1 aliphatic heterocycles. The molecule has 3 aromatic carbocycles. The minimum absolute atomic E-state index is 0.253. The first-order valence-electron chi connectivity index (χ1n) is 12.6. The van der Waals surface area contributed by atoms with E-state index in [1.54, 1.807) is 17.9 Å². The van der Waals surface area contributed by atoms with Gasteiger partial charge in [0.1, 0.15) is 10.7 Å². The number of para-hydroxylation sites is 1. The molecular formula is C29H28ClF2N5O2. The molecule has 0 saturated carbocycles. The summed E-state index contributed by atoms with van der Waals surface area (Å²) in [7, 11) is 1.62. The SMILES string of the molecule is COCCN1C[C@@H](NC(=O)Nc2c(Cl)c(-c3ccccc3)nn2-c2ccccc2)[C@H](c2ccc(F)c(F)c2)C1. The largest absolute Gasteiger partial charge is 0.383 e. The summed E-state index contributed by atoms with van der Waals surface area (Å²) in [5, 5.41) is 10.9. The van der Waals surface area contributed by atoms with E-state index in [4.69, 9.17) is 21.4 Å². The normalized spacial score (nSPS) is 17.3. The molecular weight excluding hydrogens is 524 g/mol.